The third-order valence-electron chi connectivity index (χ3n) is 3.85. The molecule has 0 saturated carbocycles. The van der Waals surface area contributed by atoms with Crippen LogP contribution in [0, 0.1) is 0 Å². The molecule has 0 fully saturated rings. The zero-order valence-corrected chi connectivity index (χ0v) is 13.5. The monoisotopic (exact) mass is 319 g/mol. The number of rotatable bonds is 7. The smallest absolute Gasteiger partial charge is 0.329 e. The van der Waals surface area contributed by atoms with Crippen LogP contribution in [0.5, 0.6) is 5.75 Å². The van der Waals surface area contributed by atoms with Gasteiger partial charge in [0.2, 0.25) is 5.91 Å². The number of hydrogen-bond acceptors (Lipinski definition) is 4. The maximum atomic E-state index is 12.2. The third-order valence-corrected chi connectivity index (χ3v) is 3.85. The quantitative estimate of drug-likeness (QED) is 0.819. The summed E-state index contributed by atoms with van der Waals surface area (Å²) in [5.74, 6) is -0.708. The second-order valence-corrected chi connectivity index (χ2v) is 5.74. The van der Waals surface area contributed by atoms with Gasteiger partial charge in [-0.3, -0.25) is 4.79 Å². The minimum Gasteiger partial charge on any atom is -0.497 e. The van der Waals surface area contributed by atoms with Crippen LogP contribution >= 0.6 is 0 Å². The number of fused-ring (bicyclic) bond motifs is 1. The van der Waals surface area contributed by atoms with Crippen molar-refractivity contribution in [2.75, 3.05) is 7.11 Å². The number of carbonyl (C=O) groups is 2. The number of carbonyl (C=O) groups excluding carboxylic acids is 1. The van der Waals surface area contributed by atoms with Gasteiger partial charge in [0.15, 0.2) is 0 Å². The van der Waals surface area contributed by atoms with Gasteiger partial charge in [0, 0.05) is 17.0 Å². The Bertz CT molecular complexity index is 721. The molecular formula is C17H21NO5. The fourth-order valence-corrected chi connectivity index (χ4v) is 2.58. The van der Waals surface area contributed by atoms with Crippen LogP contribution in [-0.4, -0.2) is 29.6 Å². The number of aliphatic carboxylic acids is 1. The Labute approximate surface area is 134 Å². The van der Waals surface area contributed by atoms with E-state index in [-0.39, 0.29) is 12.3 Å². The molecule has 6 nitrogen and oxygen atoms in total. The van der Waals surface area contributed by atoms with E-state index in [0.29, 0.717) is 29.7 Å². The fraction of sp³-hybridized carbons (Fsp3) is 0.412. The van der Waals surface area contributed by atoms with Crippen molar-refractivity contribution < 1.29 is 23.8 Å². The Morgan fingerprint density at radius 1 is 1.39 bits per heavy atom. The zero-order valence-electron chi connectivity index (χ0n) is 13.5. The van der Waals surface area contributed by atoms with Gasteiger partial charge in [0.05, 0.1) is 19.8 Å². The number of ether oxygens (including phenoxy) is 1. The molecule has 1 aromatic heterocycles. The molecule has 0 aliphatic carbocycles. The summed E-state index contributed by atoms with van der Waals surface area (Å²) in [6.45, 7) is 3.40. The van der Waals surface area contributed by atoms with Crippen LogP contribution in [0.25, 0.3) is 11.0 Å². The van der Waals surface area contributed by atoms with Crippen LogP contribution in [0.15, 0.2) is 28.9 Å². The lowest BCUT2D eigenvalue weighted by molar-refractivity contribution is -0.147. The van der Waals surface area contributed by atoms with Crippen LogP contribution in [0.4, 0.5) is 0 Å². The SMILES string of the molecule is CCCC(C)(NC(=O)Cc1coc2cc(OC)ccc12)C(=O)O. The average molecular weight is 319 g/mol. The number of methoxy groups -OCH3 is 1. The van der Waals surface area contributed by atoms with Gasteiger partial charge < -0.3 is 19.6 Å². The Morgan fingerprint density at radius 3 is 2.74 bits per heavy atom. The molecular weight excluding hydrogens is 298 g/mol. The van der Waals surface area contributed by atoms with Crippen molar-refractivity contribution >= 4 is 22.8 Å². The first kappa shape index (κ1) is 16.9. The minimum absolute atomic E-state index is 0.0614. The van der Waals surface area contributed by atoms with Crippen molar-refractivity contribution in [3.63, 3.8) is 0 Å². The molecule has 2 N–H and O–H groups in total. The highest BCUT2D eigenvalue weighted by molar-refractivity contribution is 5.91. The zero-order chi connectivity index (χ0) is 17.0. The molecule has 124 valence electrons. The van der Waals surface area contributed by atoms with Gasteiger partial charge in [-0.05, 0) is 25.5 Å². The second kappa shape index (κ2) is 6.73. The molecule has 0 bridgehead atoms. The first-order chi connectivity index (χ1) is 10.9. The van der Waals surface area contributed by atoms with E-state index >= 15 is 0 Å². The lowest BCUT2D eigenvalue weighted by atomic mass is 9.96. The highest BCUT2D eigenvalue weighted by Crippen LogP contribution is 2.26. The number of nitrogens with one attached hydrogen (secondary N) is 1. The number of furan rings is 1. The van der Waals surface area contributed by atoms with Crippen molar-refractivity contribution in [1.29, 1.82) is 0 Å². The number of hydrogen-bond donors (Lipinski definition) is 2. The number of carboxylic acid groups (broad SMARTS) is 1. The van der Waals surface area contributed by atoms with Crippen LogP contribution in [0.1, 0.15) is 32.3 Å². The third kappa shape index (κ3) is 3.64. The summed E-state index contributed by atoms with van der Waals surface area (Å²) in [5, 5.41) is 12.7. The molecule has 6 heteroatoms. The minimum atomic E-state index is -1.26. The molecule has 0 saturated heterocycles. The van der Waals surface area contributed by atoms with Gasteiger partial charge in [-0.1, -0.05) is 13.3 Å². The van der Waals surface area contributed by atoms with E-state index in [0.717, 1.165) is 5.39 Å². The molecule has 1 atom stereocenters. The van der Waals surface area contributed by atoms with Crippen LogP contribution < -0.4 is 10.1 Å². The second-order valence-electron chi connectivity index (χ2n) is 5.74. The van der Waals surface area contributed by atoms with Gasteiger partial charge in [-0.25, -0.2) is 4.79 Å². The molecule has 1 heterocycles. The summed E-state index contributed by atoms with van der Waals surface area (Å²) in [7, 11) is 1.57. The van der Waals surface area contributed by atoms with Gasteiger partial charge in [0.1, 0.15) is 16.9 Å². The Kier molecular flexibility index (Phi) is 4.93. The summed E-state index contributed by atoms with van der Waals surface area (Å²) in [6, 6.07) is 5.36. The fourth-order valence-electron chi connectivity index (χ4n) is 2.58. The maximum absolute atomic E-state index is 12.2. The number of amides is 1. The predicted molar refractivity (Wildman–Crippen MR) is 85.6 cm³/mol. The topological polar surface area (TPSA) is 88.8 Å². The van der Waals surface area contributed by atoms with Gasteiger partial charge >= 0.3 is 5.97 Å². The Balaban J connectivity index is 2.15. The Morgan fingerprint density at radius 2 is 2.13 bits per heavy atom. The van der Waals surface area contributed by atoms with Crippen molar-refractivity contribution in [3.8, 4) is 5.75 Å². The highest BCUT2D eigenvalue weighted by Gasteiger charge is 2.33. The molecule has 0 aliphatic rings. The average Bonchev–Trinajstić information content (AvgIpc) is 2.89. The molecule has 1 aromatic carbocycles. The summed E-state index contributed by atoms with van der Waals surface area (Å²) < 4.78 is 10.6. The molecule has 2 aromatic rings. The van der Waals surface area contributed by atoms with Crippen LogP contribution in [-0.2, 0) is 16.0 Å². The van der Waals surface area contributed by atoms with E-state index in [1.807, 2.05) is 13.0 Å². The van der Waals surface area contributed by atoms with Crippen LogP contribution in [0.2, 0.25) is 0 Å². The van der Waals surface area contributed by atoms with E-state index in [4.69, 9.17) is 9.15 Å². The van der Waals surface area contributed by atoms with Crippen molar-refractivity contribution in [3.05, 3.63) is 30.0 Å². The van der Waals surface area contributed by atoms with E-state index < -0.39 is 11.5 Å². The van der Waals surface area contributed by atoms with E-state index in [1.54, 1.807) is 19.2 Å². The summed E-state index contributed by atoms with van der Waals surface area (Å²) in [4.78, 5) is 23.6. The molecule has 1 unspecified atom stereocenters. The van der Waals surface area contributed by atoms with Crippen molar-refractivity contribution in [2.24, 2.45) is 0 Å². The molecule has 0 aliphatic heterocycles. The van der Waals surface area contributed by atoms with Gasteiger partial charge in [-0.15, -0.1) is 0 Å². The highest BCUT2D eigenvalue weighted by atomic mass is 16.5. The van der Waals surface area contributed by atoms with E-state index in [9.17, 15) is 14.7 Å². The lowest BCUT2D eigenvalue weighted by Crippen LogP contribution is -2.52. The molecule has 0 spiro atoms. The van der Waals surface area contributed by atoms with Gasteiger partial charge in [0.25, 0.3) is 0 Å². The largest absolute Gasteiger partial charge is 0.497 e. The normalized spacial score (nSPS) is 13.5. The summed E-state index contributed by atoms with van der Waals surface area (Å²) in [6.07, 6.45) is 2.61. The van der Waals surface area contributed by atoms with E-state index in [1.165, 1.54) is 13.2 Å². The first-order valence-corrected chi connectivity index (χ1v) is 7.48. The van der Waals surface area contributed by atoms with Crippen molar-refractivity contribution in [2.45, 2.75) is 38.6 Å². The van der Waals surface area contributed by atoms with Crippen LogP contribution in [0.3, 0.4) is 0 Å². The number of carboxylic acids is 1. The standard InChI is InChI=1S/C17H21NO5/c1-4-7-17(2,16(20)21)18-15(19)8-11-10-23-14-9-12(22-3)5-6-13(11)14/h5-6,9-10H,4,7-8H2,1-3H3,(H,18,19)(H,20,21). The molecule has 0 radical (unpaired) electrons. The first-order valence-electron chi connectivity index (χ1n) is 7.48. The number of benzene rings is 1. The summed E-state index contributed by atoms with van der Waals surface area (Å²) in [5.41, 5.74) is 0.0836. The van der Waals surface area contributed by atoms with E-state index in [2.05, 4.69) is 5.32 Å². The lowest BCUT2D eigenvalue weighted by Gasteiger charge is -2.25. The van der Waals surface area contributed by atoms with Gasteiger partial charge in [-0.2, -0.15) is 0 Å². The molecule has 23 heavy (non-hydrogen) atoms. The molecule has 1 amide bonds. The maximum Gasteiger partial charge on any atom is 0.329 e. The molecule has 2 rings (SSSR count). The van der Waals surface area contributed by atoms with Crippen molar-refractivity contribution in [1.82, 2.24) is 5.32 Å². The Hall–Kier alpha value is -2.50. The summed E-state index contributed by atoms with van der Waals surface area (Å²) >= 11 is 0. The predicted octanol–water partition coefficient (Wildman–Crippen LogP) is 2.74.